The smallest absolute Gasteiger partial charge is 0.334 e. The van der Waals surface area contributed by atoms with Crippen LogP contribution in [0.25, 0.3) is 0 Å². The van der Waals surface area contributed by atoms with Gasteiger partial charge in [0.25, 0.3) is 0 Å². The number of esters is 1. The Morgan fingerprint density at radius 2 is 1.11 bits per heavy atom. The van der Waals surface area contributed by atoms with Crippen molar-refractivity contribution in [3.63, 3.8) is 0 Å². The number of aliphatic hydroxyl groups is 3. The number of nitrogens with zero attached hydrogens (tertiary/aromatic N) is 1. The number of carbonyl (C=O) groups is 1. The molecule has 0 saturated carbocycles. The molecule has 0 saturated heterocycles. The van der Waals surface area contributed by atoms with Crippen molar-refractivity contribution < 1.29 is 24.9 Å². The third kappa shape index (κ3) is 19.2. The van der Waals surface area contributed by atoms with Crippen LogP contribution in [-0.2, 0) is 9.53 Å². The summed E-state index contributed by atoms with van der Waals surface area (Å²) in [5.74, 6) is -0.278. The van der Waals surface area contributed by atoms with Gasteiger partial charge in [0.2, 0.25) is 0 Å². The molecule has 38 heavy (non-hydrogen) atoms. The van der Waals surface area contributed by atoms with E-state index in [1.54, 1.807) is 0 Å². The summed E-state index contributed by atoms with van der Waals surface area (Å²) in [6.45, 7) is 5.37. The second kappa shape index (κ2) is 22.8. The fraction of sp³-hybridized carbons (Fsp3) is 0.906. The number of rotatable bonds is 26. The highest BCUT2D eigenvalue weighted by molar-refractivity contribution is 5.90. The van der Waals surface area contributed by atoms with Crippen molar-refractivity contribution >= 4 is 5.97 Å². The van der Waals surface area contributed by atoms with E-state index in [2.05, 4.69) is 11.8 Å². The van der Waals surface area contributed by atoms with E-state index >= 15 is 0 Å². The van der Waals surface area contributed by atoms with Crippen molar-refractivity contribution in [2.75, 3.05) is 20.1 Å². The molecule has 0 aromatic heterocycles. The minimum Gasteiger partial charge on any atom is -0.455 e. The van der Waals surface area contributed by atoms with Crippen LogP contribution in [-0.4, -0.2) is 70.7 Å². The zero-order chi connectivity index (χ0) is 28.0. The maximum atomic E-state index is 11.6. The van der Waals surface area contributed by atoms with Crippen LogP contribution in [0.4, 0.5) is 0 Å². The van der Waals surface area contributed by atoms with Crippen molar-refractivity contribution in [2.45, 2.75) is 167 Å². The van der Waals surface area contributed by atoms with E-state index in [0.717, 1.165) is 51.4 Å². The molecule has 0 aromatic carbocycles. The molecule has 0 amide bonds. The van der Waals surface area contributed by atoms with Gasteiger partial charge in [-0.15, -0.1) is 0 Å². The molecule has 0 fully saturated rings. The van der Waals surface area contributed by atoms with Gasteiger partial charge in [-0.2, -0.15) is 0 Å². The molecule has 3 N–H and O–H groups in total. The number of cyclic esters (lactones) is 1. The molecule has 0 radical (unpaired) electrons. The molecule has 0 aliphatic carbocycles. The van der Waals surface area contributed by atoms with Crippen molar-refractivity contribution in [1.29, 1.82) is 0 Å². The fourth-order valence-electron chi connectivity index (χ4n) is 5.45. The second-order valence-electron chi connectivity index (χ2n) is 11.9. The zero-order valence-corrected chi connectivity index (χ0v) is 25.0. The summed E-state index contributed by atoms with van der Waals surface area (Å²) in [6.07, 6.45) is 22.9. The van der Waals surface area contributed by atoms with Gasteiger partial charge in [0.15, 0.2) is 0 Å². The summed E-state index contributed by atoms with van der Waals surface area (Å²) in [7, 11) is 2.00. The summed E-state index contributed by atoms with van der Waals surface area (Å²) in [4.78, 5) is 13.7. The molecule has 1 aliphatic heterocycles. The van der Waals surface area contributed by atoms with E-state index in [1.807, 2.05) is 20.0 Å². The van der Waals surface area contributed by atoms with E-state index in [0.29, 0.717) is 25.1 Å². The number of hydrogen-bond acceptors (Lipinski definition) is 6. The predicted octanol–water partition coefficient (Wildman–Crippen LogP) is 6.69. The first-order valence-electron chi connectivity index (χ1n) is 16.0. The second-order valence-corrected chi connectivity index (χ2v) is 11.9. The van der Waals surface area contributed by atoms with Gasteiger partial charge in [-0.1, -0.05) is 110 Å². The van der Waals surface area contributed by atoms with Crippen molar-refractivity contribution in [2.24, 2.45) is 0 Å². The van der Waals surface area contributed by atoms with Crippen molar-refractivity contribution in [3.05, 3.63) is 11.6 Å². The van der Waals surface area contributed by atoms with Gasteiger partial charge in [-0.3, -0.25) is 0 Å². The van der Waals surface area contributed by atoms with Gasteiger partial charge in [-0.25, -0.2) is 4.79 Å². The summed E-state index contributed by atoms with van der Waals surface area (Å²) >= 11 is 0. The maximum absolute atomic E-state index is 11.6. The van der Waals surface area contributed by atoms with Gasteiger partial charge in [-0.05, 0) is 39.3 Å². The van der Waals surface area contributed by atoms with Crippen LogP contribution in [0.5, 0.6) is 0 Å². The van der Waals surface area contributed by atoms with Crippen LogP contribution >= 0.6 is 0 Å². The molecular weight excluding hydrogens is 478 g/mol. The molecule has 0 unspecified atom stereocenters. The Kier molecular flexibility index (Phi) is 21.1. The van der Waals surface area contributed by atoms with Gasteiger partial charge in [0.05, 0.1) is 18.3 Å². The van der Waals surface area contributed by atoms with Gasteiger partial charge < -0.3 is 25.0 Å². The monoisotopic (exact) mass is 539 g/mol. The van der Waals surface area contributed by atoms with Crippen LogP contribution in [0.1, 0.15) is 142 Å². The molecule has 0 aromatic rings. The Balaban J connectivity index is 1.89. The van der Waals surface area contributed by atoms with E-state index in [-0.39, 0.29) is 24.3 Å². The molecule has 1 aliphatic rings. The minimum absolute atomic E-state index is 0.164. The first kappa shape index (κ1) is 35.1. The quantitative estimate of drug-likeness (QED) is 0.0837. The van der Waals surface area contributed by atoms with Crippen LogP contribution in [0.2, 0.25) is 0 Å². The number of aliphatic hydroxyl groups excluding tert-OH is 3. The van der Waals surface area contributed by atoms with Crippen molar-refractivity contribution in [3.8, 4) is 0 Å². The summed E-state index contributed by atoms with van der Waals surface area (Å²) in [6, 6.07) is 0. The average Bonchev–Trinajstić information content (AvgIpc) is 3.17. The molecular formula is C32H61NO5. The Hall–Kier alpha value is -0.950. The molecule has 1 heterocycles. The Labute approximate surface area is 234 Å². The highest BCUT2D eigenvalue weighted by atomic mass is 16.5. The molecule has 0 bridgehead atoms. The average molecular weight is 540 g/mol. The topological polar surface area (TPSA) is 90.2 Å². The third-order valence-electron chi connectivity index (χ3n) is 7.71. The summed E-state index contributed by atoms with van der Waals surface area (Å²) in [5, 5.41) is 30.8. The lowest BCUT2D eigenvalue weighted by Gasteiger charge is -2.23. The molecule has 1 rings (SSSR count). The molecule has 6 nitrogen and oxygen atoms in total. The molecule has 0 spiro atoms. The number of carbonyl (C=O) groups excluding carboxylic acids is 1. The molecule has 6 heteroatoms. The van der Waals surface area contributed by atoms with Gasteiger partial charge in [0.1, 0.15) is 6.10 Å². The largest absolute Gasteiger partial charge is 0.455 e. The highest BCUT2D eigenvalue weighted by Crippen LogP contribution is 2.21. The summed E-state index contributed by atoms with van der Waals surface area (Å²) in [5.41, 5.74) is 0.619. The first-order valence-corrected chi connectivity index (χ1v) is 16.0. The lowest BCUT2D eigenvalue weighted by Crippen LogP contribution is -2.35. The van der Waals surface area contributed by atoms with Gasteiger partial charge >= 0.3 is 5.97 Å². The number of unbranched alkanes of at least 4 members (excludes halogenated alkanes) is 14. The molecule has 224 valence electrons. The number of likely N-dealkylation sites (N-methyl/N-ethyl adjacent to an activating group) is 1. The maximum Gasteiger partial charge on any atom is 0.334 e. The van der Waals surface area contributed by atoms with Crippen LogP contribution in [0, 0.1) is 0 Å². The SMILES string of the molecule is CCCCCCCCCC[C@@H](O)CN(C)C[C@H](O)CCCCCCCCCC[C@@H](O)CC1=C[C@H](C)OC1=O. The van der Waals surface area contributed by atoms with E-state index in [1.165, 1.54) is 70.6 Å². The fourth-order valence-corrected chi connectivity index (χ4v) is 5.45. The zero-order valence-electron chi connectivity index (χ0n) is 25.0. The standard InChI is InChI=1S/C32H61NO5/c1-4-5-6-7-8-11-15-18-21-30(35)25-33(3)26-31(36)22-19-16-13-10-9-12-14-17-20-29(34)24-28-23-27(2)38-32(28)37/h23,27,29-31,34-36H,4-22,24-26H2,1-3H3/t27-,29+,30+,31+/m0/s1. The lowest BCUT2D eigenvalue weighted by molar-refractivity contribution is -0.139. The Morgan fingerprint density at radius 3 is 1.50 bits per heavy atom. The minimum atomic E-state index is -0.456. The van der Waals surface area contributed by atoms with E-state index < -0.39 is 6.10 Å². The number of hydrogen-bond donors (Lipinski definition) is 3. The Morgan fingerprint density at radius 1 is 0.711 bits per heavy atom. The lowest BCUT2D eigenvalue weighted by atomic mass is 10.0. The van der Waals surface area contributed by atoms with E-state index in [9.17, 15) is 20.1 Å². The summed E-state index contributed by atoms with van der Waals surface area (Å²) < 4.78 is 5.08. The highest BCUT2D eigenvalue weighted by Gasteiger charge is 2.24. The van der Waals surface area contributed by atoms with Crippen LogP contribution in [0.15, 0.2) is 11.6 Å². The van der Waals surface area contributed by atoms with Crippen LogP contribution < -0.4 is 0 Å². The third-order valence-corrected chi connectivity index (χ3v) is 7.71. The first-order chi connectivity index (χ1) is 18.3. The predicted molar refractivity (Wildman–Crippen MR) is 157 cm³/mol. The Bertz CT molecular complexity index is 611. The molecule has 4 atom stereocenters. The van der Waals surface area contributed by atoms with Crippen LogP contribution in [0.3, 0.4) is 0 Å². The van der Waals surface area contributed by atoms with Crippen molar-refractivity contribution in [1.82, 2.24) is 4.90 Å². The van der Waals surface area contributed by atoms with E-state index in [4.69, 9.17) is 4.74 Å². The van der Waals surface area contributed by atoms with Gasteiger partial charge in [0, 0.05) is 25.1 Å². The number of ether oxygens (including phenoxy) is 1. The normalized spacial score (nSPS) is 18.0.